The number of nitrogens with two attached hydrogens (primary N) is 2. The molecular formula is C18H23N5O6S. The normalized spacial score (nSPS) is 10.2. The van der Waals surface area contributed by atoms with Gasteiger partial charge in [0.1, 0.15) is 16.4 Å². The molecule has 11 nitrogen and oxygen atoms in total. The topological polar surface area (TPSA) is 172 Å². The average Bonchev–Trinajstić information content (AvgIpc) is 2.61. The van der Waals surface area contributed by atoms with Crippen molar-refractivity contribution < 1.29 is 22.3 Å². The van der Waals surface area contributed by atoms with Crippen molar-refractivity contribution in [3.05, 3.63) is 57.6 Å². The Labute approximate surface area is 174 Å². The molecule has 0 aliphatic carbocycles. The maximum atomic E-state index is 12.5. The fourth-order valence-corrected chi connectivity index (χ4v) is 3.40. The first-order valence-electron chi connectivity index (χ1n) is 8.48. The molecular weight excluding hydrogens is 414 g/mol. The Morgan fingerprint density at radius 3 is 2.30 bits per heavy atom. The fourth-order valence-electron chi connectivity index (χ4n) is 2.24. The summed E-state index contributed by atoms with van der Waals surface area (Å²) in [7, 11) is -4.21. The van der Waals surface area contributed by atoms with Gasteiger partial charge < -0.3 is 20.4 Å². The zero-order chi connectivity index (χ0) is 22.9. The number of nitrogens with zero attached hydrogens (tertiary/aromatic N) is 3. The lowest BCUT2D eigenvalue weighted by Gasteiger charge is -2.11. The van der Waals surface area contributed by atoms with E-state index in [0.29, 0.717) is 17.9 Å². The van der Waals surface area contributed by atoms with Crippen LogP contribution in [0, 0.1) is 24.0 Å². The largest absolute Gasteiger partial charge is 0.494 e. The summed E-state index contributed by atoms with van der Waals surface area (Å²) in [6.45, 7) is 8.57. The zero-order valence-electron chi connectivity index (χ0n) is 16.7. The third-order valence-electron chi connectivity index (χ3n) is 3.38. The van der Waals surface area contributed by atoms with Gasteiger partial charge in [-0.3, -0.25) is 10.1 Å². The Kier molecular flexibility index (Phi) is 8.74. The first-order valence-corrected chi connectivity index (χ1v) is 9.89. The minimum Gasteiger partial charge on any atom is -0.494 e. The number of ether oxygens (including phenoxy) is 1. The Bertz CT molecular complexity index is 1050. The number of nitro benzene ring substituents is 1. The van der Waals surface area contributed by atoms with Gasteiger partial charge in [-0.2, -0.15) is 13.5 Å². The minimum atomic E-state index is -4.21. The smallest absolute Gasteiger partial charge is 0.339 e. The van der Waals surface area contributed by atoms with Crippen molar-refractivity contribution in [1.82, 2.24) is 0 Å². The molecule has 0 bridgehead atoms. The van der Waals surface area contributed by atoms with E-state index in [0.717, 1.165) is 11.6 Å². The molecule has 0 spiro atoms. The van der Waals surface area contributed by atoms with Crippen molar-refractivity contribution in [2.75, 3.05) is 6.61 Å². The van der Waals surface area contributed by atoms with E-state index in [-0.39, 0.29) is 22.3 Å². The summed E-state index contributed by atoms with van der Waals surface area (Å²) >= 11 is 0. The van der Waals surface area contributed by atoms with E-state index in [4.69, 9.17) is 20.4 Å². The highest BCUT2D eigenvalue weighted by Crippen LogP contribution is 2.28. The maximum Gasteiger partial charge on any atom is 0.339 e. The molecule has 0 aromatic heterocycles. The van der Waals surface area contributed by atoms with Crippen molar-refractivity contribution in [3.8, 4) is 11.5 Å². The number of rotatable bonds is 7. The van der Waals surface area contributed by atoms with Crippen LogP contribution >= 0.6 is 0 Å². The van der Waals surface area contributed by atoms with E-state index in [9.17, 15) is 18.5 Å². The number of benzene rings is 2. The van der Waals surface area contributed by atoms with E-state index in [1.54, 1.807) is 26.0 Å². The predicted octanol–water partition coefficient (Wildman–Crippen LogP) is 2.25. The highest BCUT2D eigenvalue weighted by atomic mass is 32.2. The molecule has 2 aromatic carbocycles. The number of aryl methyl sites for hydroxylation is 2. The van der Waals surface area contributed by atoms with Gasteiger partial charge in [0.05, 0.1) is 11.5 Å². The molecule has 0 amide bonds. The first kappa shape index (κ1) is 24.4. The number of guanidine groups is 1. The van der Waals surface area contributed by atoms with E-state index in [2.05, 4.69) is 16.9 Å². The van der Waals surface area contributed by atoms with Gasteiger partial charge in [0.15, 0.2) is 0 Å². The molecule has 0 saturated heterocycles. The number of nitro groups is 1. The predicted molar refractivity (Wildman–Crippen MR) is 113 cm³/mol. The van der Waals surface area contributed by atoms with Gasteiger partial charge in [-0.1, -0.05) is 6.07 Å². The monoisotopic (exact) mass is 437 g/mol. The van der Waals surface area contributed by atoms with Crippen LogP contribution < -0.4 is 20.4 Å². The van der Waals surface area contributed by atoms with Crippen LogP contribution in [-0.2, 0) is 10.1 Å². The molecule has 0 aliphatic rings. The molecule has 0 unspecified atom stereocenters. The molecule has 2 aromatic rings. The minimum absolute atomic E-state index is 0.0648. The van der Waals surface area contributed by atoms with E-state index in [1.807, 2.05) is 6.92 Å². The average molecular weight is 437 g/mol. The van der Waals surface area contributed by atoms with Crippen LogP contribution in [0.2, 0.25) is 0 Å². The number of hydrogen-bond acceptors (Lipinski definition) is 8. The Hall–Kier alpha value is -3.67. The van der Waals surface area contributed by atoms with Gasteiger partial charge in [0.25, 0.3) is 5.69 Å². The number of hydrogen-bond donors (Lipinski definition) is 2. The Balaban J connectivity index is 0.000000656. The summed E-state index contributed by atoms with van der Waals surface area (Å²) in [6, 6.07) is 8.36. The van der Waals surface area contributed by atoms with Crippen LogP contribution in [0.3, 0.4) is 0 Å². The molecule has 0 heterocycles. The molecule has 162 valence electrons. The van der Waals surface area contributed by atoms with E-state index < -0.39 is 15.0 Å². The van der Waals surface area contributed by atoms with Crippen molar-refractivity contribution >= 4 is 28.5 Å². The van der Waals surface area contributed by atoms with Crippen molar-refractivity contribution in [2.24, 2.45) is 21.7 Å². The summed E-state index contributed by atoms with van der Waals surface area (Å²) in [6.07, 6.45) is 0. The van der Waals surface area contributed by atoms with Crippen LogP contribution in [0.4, 0.5) is 5.69 Å². The van der Waals surface area contributed by atoms with Crippen LogP contribution in [0.25, 0.3) is 0 Å². The Morgan fingerprint density at radius 2 is 1.80 bits per heavy atom. The molecule has 30 heavy (non-hydrogen) atoms. The quantitative estimate of drug-likeness (QED) is 0.218. The van der Waals surface area contributed by atoms with Crippen LogP contribution in [-0.4, -0.2) is 32.6 Å². The van der Waals surface area contributed by atoms with Gasteiger partial charge in [-0.15, -0.1) is 5.10 Å². The van der Waals surface area contributed by atoms with E-state index in [1.165, 1.54) is 18.2 Å². The second-order valence-electron chi connectivity index (χ2n) is 5.83. The standard InChI is InChI=1S/C16H17NO6S.C2H6N4/c1-4-22-14-7-11(2)8-15(10-14)23-24(20,21)16-9-13(17(18)19)6-5-12(16)3;1-5-6-2(3)4/h5-10H,4H2,1-3H3;1H2,(H4,3,4,6). The summed E-state index contributed by atoms with van der Waals surface area (Å²) in [5, 5.41) is 17.0. The van der Waals surface area contributed by atoms with Gasteiger partial charge >= 0.3 is 10.1 Å². The second kappa shape index (κ2) is 10.8. The van der Waals surface area contributed by atoms with Crippen molar-refractivity contribution in [1.29, 1.82) is 0 Å². The van der Waals surface area contributed by atoms with Crippen LogP contribution in [0.15, 0.2) is 51.5 Å². The number of non-ortho nitro benzene ring substituents is 1. The van der Waals surface area contributed by atoms with Crippen molar-refractivity contribution in [2.45, 2.75) is 25.7 Å². The molecule has 4 N–H and O–H groups in total. The van der Waals surface area contributed by atoms with E-state index >= 15 is 0 Å². The molecule has 12 heteroatoms. The summed E-state index contributed by atoms with van der Waals surface area (Å²) in [4.78, 5) is 9.97. The SMILES string of the molecule is C=NN=C(N)N.CCOc1cc(C)cc(OS(=O)(=O)c2cc([N+](=O)[O-])ccc2C)c1. The van der Waals surface area contributed by atoms with Crippen LogP contribution in [0.1, 0.15) is 18.1 Å². The summed E-state index contributed by atoms with van der Waals surface area (Å²) in [5.74, 6) is 0.507. The Morgan fingerprint density at radius 1 is 1.17 bits per heavy atom. The maximum absolute atomic E-state index is 12.5. The highest BCUT2D eigenvalue weighted by Gasteiger charge is 2.23. The molecule has 0 aliphatic heterocycles. The summed E-state index contributed by atoms with van der Waals surface area (Å²) < 4.78 is 35.5. The molecule has 0 atom stereocenters. The highest BCUT2D eigenvalue weighted by molar-refractivity contribution is 7.87. The lowest BCUT2D eigenvalue weighted by molar-refractivity contribution is -0.385. The van der Waals surface area contributed by atoms with Gasteiger partial charge in [0.2, 0.25) is 5.96 Å². The zero-order valence-corrected chi connectivity index (χ0v) is 17.5. The third-order valence-corrected chi connectivity index (χ3v) is 4.77. The lowest BCUT2D eigenvalue weighted by Crippen LogP contribution is -2.21. The summed E-state index contributed by atoms with van der Waals surface area (Å²) in [5.41, 5.74) is 10.4. The van der Waals surface area contributed by atoms with Crippen LogP contribution in [0.5, 0.6) is 11.5 Å². The molecule has 0 fully saturated rings. The van der Waals surface area contributed by atoms with Gasteiger partial charge in [0, 0.05) is 24.9 Å². The molecule has 0 saturated carbocycles. The first-order chi connectivity index (χ1) is 14.0. The fraction of sp³-hybridized carbons (Fsp3) is 0.222. The second-order valence-corrected chi connectivity index (χ2v) is 7.34. The third kappa shape index (κ3) is 7.39. The van der Waals surface area contributed by atoms with Gasteiger partial charge in [-0.05, 0) is 44.0 Å². The van der Waals surface area contributed by atoms with Gasteiger partial charge in [-0.25, -0.2) is 0 Å². The molecule has 0 radical (unpaired) electrons. The molecule has 2 rings (SSSR count). The van der Waals surface area contributed by atoms with Crippen molar-refractivity contribution in [3.63, 3.8) is 0 Å². The lowest BCUT2D eigenvalue weighted by atomic mass is 10.2.